The molecule has 6 nitrogen and oxygen atoms in total. The predicted octanol–water partition coefficient (Wildman–Crippen LogP) is 4.10. The van der Waals surface area contributed by atoms with Crippen molar-refractivity contribution in [2.75, 3.05) is 11.6 Å². The number of aromatic nitrogens is 2. The minimum absolute atomic E-state index is 0.121. The highest BCUT2D eigenvalue weighted by atomic mass is 79.9. The molecule has 0 aliphatic rings. The van der Waals surface area contributed by atoms with Crippen molar-refractivity contribution < 1.29 is 9.53 Å². The van der Waals surface area contributed by atoms with E-state index in [0.717, 1.165) is 0 Å². The standard InChI is InChI=1S/C14H22BrClN4O2/c1-8(2)7-20(19-13(21)22-14(4,5)6)11-10(15)9(3)17-12(16)18-11/h8H,7H2,1-6H3,(H,19,21). The highest BCUT2D eigenvalue weighted by Gasteiger charge is 2.22. The molecule has 0 atom stereocenters. The molecule has 0 unspecified atom stereocenters. The van der Waals surface area contributed by atoms with Gasteiger partial charge in [0.1, 0.15) is 5.60 Å². The summed E-state index contributed by atoms with van der Waals surface area (Å²) < 4.78 is 5.96. The number of hydrogen-bond donors (Lipinski definition) is 1. The van der Waals surface area contributed by atoms with Gasteiger partial charge in [0.25, 0.3) is 0 Å². The summed E-state index contributed by atoms with van der Waals surface area (Å²) >= 11 is 9.37. The fraction of sp³-hybridized carbons (Fsp3) is 0.643. The van der Waals surface area contributed by atoms with Gasteiger partial charge in [-0.15, -0.1) is 0 Å². The average Bonchev–Trinajstić information content (AvgIpc) is 2.29. The predicted molar refractivity (Wildman–Crippen MR) is 91.0 cm³/mol. The fourth-order valence-corrected chi connectivity index (χ4v) is 2.25. The molecule has 0 saturated carbocycles. The zero-order chi connectivity index (χ0) is 17.1. The largest absolute Gasteiger partial charge is 0.443 e. The Labute approximate surface area is 144 Å². The van der Waals surface area contributed by atoms with Crippen LogP contribution in [0.4, 0.5) is 10.6 Å². The molecule has 8 heteroatoms. The smallest absolute Gasteiger partial charge is 0.426 e. The lowest BCUT2D eigenvalue weighted by Crippen LogP contribution is -2.47. The van der Waals surface area contributed by atoms with Crippen molar-refractivity contribution in [3.8, 4) is 0 Å². The first kappa shape index (κ1) is 19.0. The number of nitrogens with one attached hydrogen (secondary N) is 1. The lowest BCUT2D eigenvalue weighted by atomic mass is 10.2. The first-order valence-corrected chi connectivity index (χ1v) is 8.13. The van der Waals surface area contributed by atoms with Gasteiger partial charge in [-0.3, -0.25) is 5.01 Å². The maximum Gasteiger partial charge on any atom is 0.426 e. The Bertz CT molecular complexity index is 546. The number of carbonyl (C=O) groups excluding carboxylic acids is 1. The van der Waals surface area contributed by atoms with E-state index in [4.69, 9.17) is 16.3 Å². The molecule has 1 heterocycles. The Hall–Kier alpha value is -1.08. The number of hydrogen-bond acceptors (Lipinski definition) is 5. The average molecular weight is 394 g/mol. The third-order valence-corrected chi connectivity index (χ3v) is 3.50. The van der Waals surface area contributed by atoms with Crippen LogP contribution in [0.1, 0.15) is 40.3 Å². The molecule has 1 aromatic heterocycles. The third-order valence-electron chi connectivity index (χ3n) is 2.40. The molecule has 1 rings (SSSR count). The molecule has 0 aliphatic heterocycles. The summed E-state index contributed by atoms with van der Waals surface area (Å²) in [4.78, 5) is 20.3. The molecule has 0 bridgehead atoms. The van der Waals surface area contributed by atoms with Gasteiger partial charge in [0.15, 0.2) is 5.82 Å². The molecule has 0 fully saturated rings. The van der Waals surface area contributed by atoms with Gasteiger partial charge < -0.3 is 4.74 Å². The number of hydrazine groups is 1. The van der Waals surface area contributed by atoms with Crippen LogP contribution in [0, 0.1) is 12.8 Å². The second-order valence-electron chi connectivity index (χ2n) is 6.33. The lowest BCUT2D eigenvalue weighted by molar-refractivity contribution is 0.0519. The summed E-state index contributed by atoms with van der Waals surface area (Å²) in [7, 11) is 0. The van der Waals surface area contributed by atoms with Crippen LogP contribution in [0.2, 0.25) is 5.28 Å². The summed E-state index contributed by atoms with van der Waals surface area (Å²) in [5.74, 6) is 0.785. The van der Waals surface area contributed by atoms with Gasteiger partial charge in [0, 0.05) is 6.54 Å². The quantitative estimate of drug-likeness (QED) is 0.616. The van der Waals surface area contributed by atoms with Gasteiger partial charge >= 0.3 is 6.09 Å². The molecule has 124 valence electrons. The molecule has 0 saturated heterocycles. The van der Waals surface area contributed by atoms with Crippen LogP contribution < -0.4 is 10.4 Å². The van der Waals surface area contributed by atoms with Crippen LogP contribution in [-0.2, 0) is 4.74 Å². The van der Waals surface area contributed by atoms with Crippen LogP contribution in [0.3, 0.4) is 0 Å². The van der Waals surface area contributed by atoms with Crippen LogP contribution >= 0.6 is 27.5 Å². The SMILES string of the molecule is Cc1nc(Cl)nc(N(CC(C)C)NC(=O)OC(C)(C)C)c1Br. The number of nitrogens with zero attached hydrogens (tertiary/aromatic N) is 3. The van der Waals surface area contributed by atoms with Crippen molar-refractivity contribution in [3.05, 3.63) is 15.5 Å². The molecule has 1 N–H and O–H groups in total. The lowest BCUT2D eigenvalue weighted by Gasteiger charge is -2.28. The van der Waals surface area contributed by atoms with Crippen LogP contribution in [0.25, 0.3) is 0 Å². The van der Waals surface area contributed by atoms with Gasteiger partial charge in [-0.2, -0.15) is 4.98 Å². The summed E-state index contributed by atoms with van der Waals surface area (Å²) in [6.45, 7) is 11.8. The van der Waals surface area contributed by atoms with E-state index >= 15 is 0 Å². The second-order valence-corrected chi connectivity index (χ2v) is 7.46. The minimum atomic E-state index is -0.579. The first-order chi connectivity index (χ1) is 9.99. The number of rotatable bonds is 4. The van der Waals surface area contributed by atoms with Crippen LogP contribution in [0.15, 0.2) is 4.47 Å². The maximum absolute atomic E-state index is 12.0. The molecular weight excluding hydrogens is 372 g/mol. The maximum atomic E-state index is 12.0. The molecule has 22 heavy (non-hydrogen) atoms. The number of amides is 1. The van der Waals surface area contributed by atoms with Crippen molar-refractivity contribution in [3.63, 3.8) is 0 Å². The summed E-state index contributed by atoms with van der Waals surface area (Å²) in [5.41, 5.74) is 2.82. The number of ether oxygens (including phenoxy) is 1. The molecule has 1 aromatic rings. The van der Waals surface area contributed by atoms with Gasteiger partial charge in [-0.1, -0.05) is 13.8 Å². The van der Waals surface area contributed by atoms with Gasteiger partial charge in [-0.25, -0.2) is 15.2 Å². The monoisotopic (exact) mass is 392 g/mol. The Kier molecular flexibility index (Phi) is 6.43. The van der Waals surface area contributed by atoms with E-state index in [-0.39, 0.29) is 11.2 Å². The normalized spacial score (nSPS) is 11.5. The van der Waals surface area contributed by atoms with Crippen LogP contribution in [-0.4, -0.2) is 28.2 Å². The minimum Gasteiger partial charge on any atom is -0.443 e. The summed E-state index contributed by atoms with van der Waals surface area (Å²) in [6.07, 6.45) is -0.549. The topological polar surface area (TPSA) is 67.4 Å². The van der Waals surface area contributed by atoms with Gasteiger partial charge in [-0.05, 0) is 61.1 Å². The zero-order valence-electron chi connectivity index (χ0n) is 13.7. The molecule has 1 amide bonds. The van der Waals surface area contributed by atoms with Gasteiger partial charge in [0.2, 0.25) is 5.28 Å². The van der Waals surface area contributed by atoms with Crippen molar-refractivity contribution >= 4 is 39.4 Å². The number of halogens is 2. The van der Waals surface area contributed by atoms with E-state index < -0.39 is 11.7 Å². The highest BCUT2D eigenvalue weighted by molar-refractivity contribution is 9.10. The zero-order valence-corrected chi connectivity index (χ0v) is 16.0. The van der Waals surface area contributed by atoms with Crippen molar-refractivity contribution in [2.45, 2.75) is 47.1 Å². The van der Waals surface area contributed by atoms with Crippen molar-refractivity contribution in [2.24, 2.45) is 5.92 Å². The summed E-state index contributed by atoms with van der Waals surface area (Å²) in [6, 6.07) is 0. The Morgan fingerprint density at radius 2 is 2.00 bits per heavy atom. The van der Waals surface area contributed by atoms with E-state index in [2.05, 4.69) is 31.3 Å². The summed E-state index contributed by atoms with van der Waals surface area (Å²) in [5, 5.41) is 1.74. The van der Waals surface area contributed by atoms with E-state index in [0.29, 0.717) is 22.5 Å². The van der Waals surface area contributed by atoms with E-state index in [1.54, 1.807) is 25.8 Å². The van der Waals surface area contributed by atoms with Crippen LogP contribution in [0.5, 0.6) is 0 Å². The van der Waals surface area contributed by atoms with E-state index in [1.807, 2.05) is 20.8 Å². The Balaban J connectivity index is 3.06. The number of carbonyl (C=O) groups is 1. The first-order valence-electron chi connectivity index (χ1n) is 6.96. The Morgan fingerprint density at radius 1 is 1.41 bits per heavy atom. The molecule has 0 aromatic carbocycles. The molecule has 0 aliphatic carbocycles. The highest BCUT2D eigenvalue weighted by Crippen LogP contribution is 2.27. The van der Waals surface area contributed by atoms with E-state index in [1.165, 1.54) is 0 Å². The number of aryl methyl sites for hydroxylation is 1. The van der Waals surface area contributed by atoms with E-state index in [9.17, 15) is 4.79 Å². The molecule has 0 radical (unpaired) electrons. The Morgan fingerprint density at radius 3 is 2.50 bits per heavy atom. The molecular formula is C14H22BrClN4O2. The van der Waals surface area contributed by atoms with Crippen molar-refractivity contribution in [1.82, 2.24) is 15.4 Å². The third kappa shape index (κ3) is 5.96. The fourth-order valence-electron chi connectivity index (χ4n) is 1.65. The van der Waals surface area contributed by atoms with Crippen molar-refractivity contribution in [1.29, 1.82) is 0 Å². The molecule has 0 spiro atoms. The van der Waals surface area contributed by atoms with Gasteiger partial charge in [0.05, 0.1) is 10.2 Å². The number of anilines is 1. The second kappa shape index (κ2) is 7.46.